The van der Waals surface area contributed by atoms with Gasteiger partial charge in [-0.1, -0.05) is 66.6 Å². The number of aliphatic carboxylic acids is 1. The maximum absolute atomic E-state index is 10.6. The van der Waals surface area contributed by atoms with Crippen molar-refractivity contribution < 1.29 is 14.6 Å². The average molecular weight is 432 g/mol. The lowest BCUT2D eigenvalue weighted by Gasteiger charge is -2.34. The highest BCUT2D eigenvalue weighted by atomic mass is 35.5. The van der Waals surface area contributed by atoms with Gasteiger partial charge in [0.15, 0.2) is 0 Å². The molecule has 0 radical (unpaired) electrons. The highest BCUT2D eigenvalue weighted by Crippen LogP contribution is 2.30. The van der Waals surface area contributed by atoms with Gasteiger partial charge in [0.1, 0.15) is 6.10 Å². The molecule has 1 heterocycles. The van der Waals surface area contributed by atoms with Gasteiger partial charge in [-0.15, -0.1) is 12.4 Å². The number of carboxylic acid groups (broad SMARTS) is 1. The number of ether oxygens (including phenoxy) is 1. The smallest absolute Gasteiger partial charge is 0.303 e. The van der Waals surface area contributed by atoms with E-state index in [0.29, 0.717) is 0 Å². The Bertz CT molecular complexity index is 743. The minimum atomic E-state index is -0.690. The average Bonchev–Trinajstić information content (AvgIpc) is 2.74. The van der Waals surface area contributed by atoms with Gasteiger partial charge < -0.3 is 14.7 Å². The normalized spacial score (nSPS) is 16.0. The Morgan fingerprint density at radius 1 is 1.00 bits per heavy atom. The molecule has 1 aliphatic rings. The third-order valence-corrected chi connectivity index (χ3v) is 5.71. The molecule has 1 fully saturated rings. The monoisotopic (exact) mass is 431 g/mol. The molecule has 30 heavy (non-hydrogen) atoms. The van der Waals surface area contributed by atoms with E-state index in [1.807, 2.05) is 6.07 Å². The van der Waals surface area contributed by atoms with Crippen molar-refractivity contribution in [3.8, 4) is 0 Å². The summed E-state index contributed by atoms with van der Waals surface area (Å²) in [6, 6.07) is 19.2. The molecule has 0 amide bonds. The SMILES string of the molecule is Cc1ccc(C(OC2CCN(CCCCCC(=O)O)CC2)c2ccccc2)cc1.Cl. The van der Waals surface area contributed by atoms with Gasteiger partial charge in [-0.25, -0.2) is 0 Å². The Kier molecular flexibility index (Phi) is 10.4. The number of aryl methyl sites for hydroxylation is 1. The number of benzene rings is 2. The van der Waals surface area contributed by atoms with Gasteiger partial charge in [-0.3, -0.25) is 4.79 Å². The number of hydrogen-bond donors (Lipinski definition) is 1. The molecule has 0 bridgehead atoms. The molecule has 4 nitrogen and oxygen atoms in total. The third kappa shape index (κ3) is 7.75. The Labute approximate surface area is 186 Å². The molecular weight excluding hydrogens is 398 g/mol. The van der Waals surface area contributed by atoms with E-state index in [4.69, 9.17) is 9.84 Å². The lowest BCUT2D eigenvalue weighted by Crippen LogP contribution is -2.38. The van der Waals surface area contributed by atoms with Gasteiger partial charge >= 0.3 is 5.97 Å². The summed E-state index contributed by atoms with van der Waals surface area (Å²) >= 11 is 0. The molecule has 0 aromatic heterocycles. The van der Waals surface area contributed by atoms with Crippen molar-refractivity contribution in [2.75, 3.05) is 19.6 Å². The van der Waals surface area contributed by atoms with Crippen LogP contribution >= 0.6 is 12.4 Å². The number of carbonyl (C=O) groups is 1. The van der Waals surface area contributed by atoms with Gasteiger partial charge in [-0.2, -0.15) is 0 Å². The van der Waals surface area contributed by atoms with E-state index < -0.39 is 5.97 Å². The summed E-state index contributed by atoms with van der Waals surface area (Å²) in [5, 5.41) is 8.72. The van der Waals surface area contributed by atoms with E-state index >= 15 is 0 Å². The molecule has 0 spiro atoms. The number of unbranched alkanes of at least 4 members (excludes halogenated alkanes) is 2. The number of halogens is 1. The summed E-state index contributed by atoms with van der Waals surface area (Å²) in [6.07, 6.45) is 5.48. The second-order valence-corrected chi connectivity index (χ2v) is 8.08. The highest BCUT2D eigenvalue weighted by Gasteiger charge is 2.24. The molecule has 0 saturated carbocycles. The molecule has 2 aromatic carbocycles. The topological polar surface area (TPSA) is 49.8 Å². The Hall–Kier alpha value is -1.88. The maximum Gasteiger partial charge on any atom is 0.303 e. The largest absolute Gasteiger partial charge is 0.481 e. The van der Waals surface area contributed by atoms with Crippen LogP contribution in [0.5, 0.6) is 0 Å². The second-order valence-electron chi connectivity index (χ2n) is 8.08. The molecular formula is C25H34ClNO3. The van der Waals surface area contributed by atoms with E-state index in [9.17, 15) is 4.79 Å². The van der Waals surface area contributed by atoms with E-state index in [1.54, 1.807) is 0 Å². The van der Waals surface area contributed by atoms with E-state index in [0.717, 1.165) is 51.7 Å². The standard InChI is InChI=1S/C25H33NO3.ClH/c1-20-11-13-22(14-12-20)25(21-8-4-2-5-9-21)29-23-15-18-26(19-16-23)17-7-3-6-10-24(27)28;/h2,4-5,8-9,11-14,23,25H,3,6-7,10,15-19H2,1H3,(H,27,28);1H. The van der Waals surface area contributed by atoms with Crippen molar-refractivity contribution in [3.05, 3.63) is 71.3 Å². The van der Waals surface area contributed by atoms with Crippen molar-refractivity contribution in [2.45, 2.75) is 57.7 Å². The molecule has 164 valence electrons. The van der Waals surface area contributed by atoms with Crippen LogP contribution < -0.4 is 0 Å². The first-order valence-electron chi connectivity index (χ1n) is 10.8. The van der Waals surface area contributed by atoms with Crippen molar-refractivity contribution in [2.24, 2.45) is 0 Å². The number of hydrogen-bond acceptors (Lipinski definition) is 3. The van der Waals surface area contributed by atoms with Crippen molar-refractivity contribution >= 4 is 18.4 Å². The fourth-order valence-corrected chi connectivity index (χ4v) is 3.97. The summed E-state index contributed by atoms with van der Waals surface area (Å²) in [4.78, 5) is 13.1. The van der Waals surface area contributed by atoms with Crippen LogP contribution in [0, 0.1) is 6.92 Å². The summed E-state index contributed by atoms with van der Waals surface area (Å²) < 4.78 is 6.63. The quantitative estimate of drug-likeness (QED) is 0.495. The number of carboxylic acids is 1. The van der Waals surface area contributed by atoms with Gasteiger partial charge in [0.2, 0.25) is 0 Å². The first-order chi connectivity index (χ1) is 14.1. The van der Waals surface area contributed by atoms with Gasteiger partial charge in [0, 0.05) is 19.5 Å². The number of likely N-dealkylation sites (tertiary alicyclic amines) is 1. The molecule has 1 N–H and O–H groups in total. The second kappa shape index (κ2) is 12.7. The number of rotatable bonds is 10. The molecule has 5 heteroatoms. The van der Waals surface area contributed by atoms with Crippen LogP contribution in [0.15, 0.2) is 54.6 Å². The van der Waals surface area contributed by atoms with Crippen LogP contribution in [0.25, 0.3) is 0 Å². The molecule has 1 aliphatic heterocycles. The fraction of sp³-hybridized carbons (Fsp3) is 0.480. The summed E-state index contributed by atoms with van der Waals surface area (Å²) in [5.74, 6) is -0.690. The Morgan fingerprint density at radius 2 is 1.63 bits per heavy atom. The predicted molar refractivity (Wildman–Crippen MR) is 123 cm³/mol. The predicted octanol–water partition coefficient (Wildman–Crippen LogP) is 5.63. The molecule has 1 unspecified atom stereocenters. The van der Waals surface area contributed by atoms with E-state index in [1.165, 1.54) is 16.7 Å². The van der Waals surface area contributed by atoms with Crippen LogP contribution in [0.3, 0.4) is 0 Å². The first-order valence-corrected chi connectivity index (χ1v) is 10.8. The zero-order valence-corrected chi connectivity index (χ0v) is 18.7. The Morgan fingerprint density at radius 3 is 2.27 bits per heavy atom. The van der Waals surface area contributed by atoms with E-state index in [-0.39, 0.29) is 31.0 Å². The highest BCUT2D eigenvalue weighted by molar-refractivity contribution is 5.85. The van der Waals surface area contributed by atoms with Crippen molar-refractivity contribution in [1.29, 1.82) is 0 Å². The van der Waals surface area contributed by atoms with Crippen LogP contribution in [0.1, 0.15) is 61.3 Å². The summed E-state index contributed by atoms with van der Waals surface area (Å²) in [5.41, 5.74) is 3.68. The zero-order valence-electron chi connectivity index (χ0n) is 17.8. The summed E-state index contributed by atoms with van der Waals surface area (Å²) in [6.45, 7) is 5.28. The van der Waals surface area contributed by atoms with Crippen LogP contribution in [0.4, 0.5) is 0 Å². The molecule has 2 aromatic rings. The minimum absolute atomic E-state index is 0. The lowest BCUT2D eigenvalue weighted by molar-refractivity contribution is -0.137. The number of nitrogens with zero attached hydrogens (tertiary/aromatic N) is 1. The lowest BCUT2D eigenvalue weighted by atomic mass is 9.99. The van der Waals surface area contributed by atoms with Gasteiger partial charge in [0.25, 0.3) is 0 Å². The third-order valence-electron chi connectivity index (χ3n) is 5.71. The van der Waals surface area contributed by atoms with Gasteiger partial charge in [0.05, 0.1) is 6.10 Å². The minimum Gasteiger partial charge on any atom is -0.481 e. The number of piperidine rings is 1. The maximum atomic E-state index is 10.6. The zero-order chi connectivity index (χ0) is 20.5. The van der Waals surface area contributed by atoms with Crippen LogP contribution in [0.2, 0.25) is 0 Å². The van der Waals surface area contributed by atoms with Gasteiger partial charge in [-0.05, 0) is 50.3 Å². The Balaban J connectivity index is 0.00000320. The van der Waals surface area contributed by atoms with Crippen molar-refractivity contribution in [3.63, 3.8) is 0 Å². The molecule has 3 rings (SSSR count). The van der Waals surface area contributed by atoms with Crippen LogP contribution in [-0.4, -0.2) is 41.7 Å². The van der Waals surface area contributed by atoms with Crippen LogP contribution in [-0.2, 0) is 9.53 Å². The summed E-state index contributed by atoms with van der Waals surface area (Å²) in [7, 11) is 0. The van der Waals surface area contributed by atoms with Crippen molar-refractivity contribution in [1.82, 2.24) is 4.90 Å². The molecule has 1 atom stereocenters. The van der Waals surface area contributed by atoms with E-state index in [2.05, 4.69) is 60.4 Å². The molecule has 1 saturated heterocycles. The molecule has 0 aliphatic carbocycles. The first kappa shape index (κ1) is 24.4. The fourth-order valence-electron chi connectivity index (χ4n) is 3.97.